The predicted molar refractivity (Wildman–Crippen MR) is 93.1 cm³/mol. The molecule has 2 aromatic carbocycles. The molecule has 0 fully saturated rings. The third kappa shape index (κ3) is 4.57. The number of amides is 1. The Morgan fingerprint density at radius 3 is 2.04 bits per heavy atom. The van der Waals surface area contributed by atoms with Crippen molar-refractivity contribution in [2.24, 2.45) is 11.7 Å². The number of methoxy groups -OCH3 is 1. The summed E-state index contributed by atoms with van der Waals surface area (Å²) in [6.07, 6.45) is 0. The third-order valence-corrected chi connectivity index (χ3v) is 4.05. The molecule has 0 bridgehead atoms. The van der Waals surface area contributed by atoms with Crippen molar-refractivity contribution in [2.45, 2.75) is 26.4 Å². The average molecular weight is 312 g/mol. The van der Waals surface area contributed by atoms with E-state index in [2.05, 4.69) is 17.4 Å². The summed E-state index contributed by atoms with van der Waals surface area (Å²) < 4.78 is 5.17. The summed E-state index contributed by atoms with van der Waals surface area (Å²) in [7, 11) is 1.66. The summed E-state index contributed by atoms with van der Waals surface area (Å²) in [6.45, 7) is 4.19. The van der Waals surface area contributed by atoms with Gasteiger partial charge in [0.15, 0.2) is 0 Å². The van der Waals surface area contributed by atoms with E-state index in [0.29, 0.717) is 6.54 Å². The molecule has 1 amide bonds. The first-order valence-corrected chi connectivity index (χ1v) is 7.78. The van der Waals surface area contributed by atoms with E-state index < -0.39 is 0 Å². The summed E-state index contributed by atoms with van der Waals surface area (Å²) in [5.41, 5.74) is 9.07. The number of ether oxygens (including phenoxy) is 1. The fraction of sp³-hybridized carbons (Fsp3) is 0.316. The SMILES string of the molecule is COc1ccc(-c2ccc(CNC(=O)C(C)C(C)N)cc2)cc1. The zero-order valence-electron chi connectivity index (χ0n) is 13.9. The van der Waals surface area contributed by atoms with Gasteiger partial charge < -0.3 is 15.8 Å². The van der Waals surface area contributed by atoms with Gasteiger partial charge in [0.05, 0.1) is 7.11 Å². The first kappa shape index (κ1) is 17.0. The van der Waals surface area contributed by atoms with Crippen LogP contribution in [0.3, 0.4) is 0 Å². The van der Waals surface area contributed by atoms with Crippen molar-refractivity contribution in [3.8, 4) is 16.9 Å². The van der Waals surface area contributed by atoms with Crippen molar-refractivity contribution >= 4 is 5.91 Å². The molecule has 0 saturated carbocycles. The second-order valence-electron chi connectivity index (χ2n) is 5.79. The van der Waals surface area contributed by atoms with Crippen LogP contribution in [-0.2, 0) is 11.3 Å². The Kier molecular flexibility index (Phi) is 5.77. The number of carbonyl (C=O) groups is 1. The molecule has 2 atom stereocenters. The van der Waals surface area contributed by atoms with Gasteiger partial charge in [0.2, 0.25) is 5.91 Å². The smallest absolute Gasteiger partial charge is 0.224 e. The topological polar surface area (TPSA) is 64.3 Å². The maximum absolute atomic E-state index is 11.9. The number of hydrogen-bond acceptors (Lipinski definition) is 3. The molecule has 2 aromatic rings. The Morgan fingerprint density at radius 2 is 1.57 bits per heavy atom. The first-order valence-electron chi connectivity index (χ1n) is 7.78. The van der Waals surface area contributed by atoms with Gasteiger partial charge in [-0.15, -0.1) is 0 Å². The van der Waals surface area contributed by atoms with Crippen LogP contribution in [-0.4, -0.2) is 19.1 Å². The van der Waals surface area contributed by atoms with Gasteiger partial charge in [-0.1, -0.05) is 43.3 Å². The average Bonchev–Trinajstić information content (AvgIpc) is 2.59. The number of benzene rings is 2. The van der Waals surface area contributed by atoms with Gasteiger partial charge in [0, 0.05) is 18.5 Å². The Balaban J connectivity index is 1.97. The molecular weight excluding hydrogens is 288 g/mol. The Morgan fingerprint density at radius 1 is 1.04 bits per heavy atom. The normalized spacial score (nSPS) is 13.2. The Labute approximate surface area is 137 Å². The molecule has 2 unspecified atom stereocenters. The zero-order chi connectivity index (χ0) is 16.8. The van der Waals surface area contributed by atoms with Crippen molar-refractivity contribution in [3.05, 3.63) is 54.1 Å². The summed E-state index contributed by atoms with van der Waals surface area (Å²) in [4.78, 5) is 11.9. The molecule has 0 aliphatic heterocycles. The van der Waals surface area contributed by atoms with E-state index in [4.69, 9.17) is 10.5 Å². The molecule has 4 nitrogen and oxygen atoms in total. The number of carbonyl (C=O) groups excluding carboxylic acids is 1. The second-order valence-corrected chi connectivity index (χ2v) is 5.79. The van der Waals surface area contributed by atoms with Gasteiger partial charge >= 0.3 is 0 Å². The van der Waals surface area contributed by atoms with E-state index >= 15 is 0 Å². The van der Waals surface area contributed by atoms with Gasteiger partial charge in [-0.25, -0.2) is 0 Å². The number of hydrogen-bond donors (Lipinski definition) is 2. The highest BCUT2D eigenvalue weighted by molar-refractivity contribution is 5.78. The quantitative estimate of drug-likeness (QED) is 0.862. The molecule has 4 heteroatoms. The van der Waals surface area contributed by atoms with E-state index in [-0.39, 0.29) is 17.9 Å². The van der Waals surface area contributed by atoms with Crippen LogP contribution in [0.4, 0.5) is 0 Å². The molecule has 0 heterocycles. The molecule has 23 heavy (non-hydrogen) atoms. The van der Waals surface area contributed by atoms with E-state index in [0.717, 1.165) is 22.4 Å². The molecule has 122 valence electrons. The van der Waals surface area contributed by atoms with E-state index in [9.17, 15) is 4.79 Å². The van der Waals surface area contributed by atoms with Crippen molar-refractivity contribution in [2.75, 3.05) is 7.11 Å². The molecule has 0 spiro atoms. The lowest BCUT2D eigenvalue weighted by Crippen LogP contribution is -2.38. The minimum Gasteiger partial charge on any atom is -0.497 e. The molecule has 0 aliphatic carbocycles. The van der Waals surface area contributed by atoms with Crippen LogP contribution >= 0.6 is 0 Å². The lowest BCUT2D eigenvalue weighted by atomic mass is 10.0. The Bertz CT molecular complexity index is 633. The van der Waals surface area contributed by atoms with Gasteiger partial charge in [0.1, 0.15) is 5.75 Å². The van der Waals surface area contributed by atoms with E-state index in [1.165, 1.54) is 0 Å². The van der Waals surface area contributed by atoms with Crippen LogP contribution in [0.2, 0.25) is 0 Å². The minimum absolute atomic E-state index is 0.0146. The molecule has 0 aliphatic rings. The molecule has 3 N–H and O–H groups in total. The monoisotopic (exact) mass is 312 g/mol. The molecule has 2 rings (SSSR count). The Hall–Kier alpha value is -2.33. The maximum Gasteiger partial charge on any atom is 0.224 e. The van der Waals surface area contributed by atoms with E-state index in [1.807, 2.05) is 50.2 Å². The van der Waals surface area contributed by atoms with Crippen molar-refractivity contribution in [1.29, 1.82) is 0 Å². The van der Waals surface area contributed by atoms with Crippen molar-refractivity contribution in [1.82, 2.24) is 5.32 Å². The van der Waals surface area contributed by atoms with Crippen LogP contribution in [0, 0.1) is 5.92 Å². The number of nitrogens with one attached hydrogen (secondary N) is 1. The lowest BCUT2D eigenvalue weighted by molar-refractivity contribution is -0.125. The van der Waals surface area contributed by atoms with Gasteiger partial charge in [0.25, 0.3) is 0 Å². The summed E-state index contributed by atoms with van der Waals surface area (Å²) in [5.74, 6) is 0.643. The fourth-order valence-corrected chi connectivity index (χ4v) is 2.19. The van der Waals surface area contributed by atoms with Gasteiger partial charge in [-0.2, -0.15) is 0 Å². The zero-order valence-corrected chi connectivity index (χ0v) is 13.9. The second kappa shape index (κ2) is 7.79. The van der Waals surface area contributed by atoms with Crippen LogP contribution in [0.5, 0.6) is 5.75 Å². The number of rotatable bonds is 6. The number of nitrogens with two attached hydrogens (primary N) is 1. The predicted octanol–water partition coefficient (Wildman–Crippen LogP) is 2.96. The van der Waals surface area contributed by atoms with Gasteiger partial charge in [-0.05, 0) is 35.7 Å². The molecule has 0 saturated heterocycles. The van der Waals surface area contributed by atoms with Crippen molar-refractivity contribution in [3.63, 3.8) is 0 Å². The minimum atomic E-state index is -0.187. The summed E-state index contributed by atoms with van der Waals surface area (Å²) in [5, 5.41) is 2.92. The maximum atomic E-state index is 11.9. The van der Waals surface area contributed by atoms with Crippen LogP contribution in [0.25, 0.3) is 11.1 Å². The third-order valence-electron chi connectivity index (χ3n) is 4.05. The lowest BCUT2D eigenvalue weighted by Gasteiger charge is -2.15. The van der Waals surface area contributed by atoms with Crippen LogP contribution in [0.15, 0.2) is 48.5 Å². The molecular formula is C19H24N2O2. The molecule has 0 radical (unpaired) electrons. The first-order chi connectivity index (χ1) is 11.0. The van der Waals surface area contributed by atoms with Crippen LogP contribution < -0.4 is 15.8 Å². The largest absolute Gasteiger partial charge is 0.497 e. The van der Waals surface area contributed by atoms with Gasteiger partial charge in [-0.3, -0.25) is 4.79 Å². The fourth-order valence-electron chi connectivity index (χ4n) is 2.19. The highest BCUT2D eigenvalue weighted by Gasteiger charge is 2.16. The van der Waals surface area contributed by atoms with Crippen molar-refractivity contribution < 1.29 is 9.53 Å². The molecule has 0 aromatic heterocycles. The summed E-state index contributed by atoms with van der Waals surface area (Å²) in [6, 6.07) is 16.0. The standard InChI is InChI=1S/C19H24N2O2/c1-13(14(2)20)19(22)21-12-15-4-6-16(7-5-15)17-8-10-18(23-3)11-9-17/h4-11,13-14H,12,20H2,1-3H3,(H,21,22). The highest BCUT2D eigenvalue weighted by atomic mass is 16.5. The highest BCUT2D eigenvalue weighted by Crippen LogP contribution is 2.22. The van der Waals surface area contributed by atoms with Crippen LogP contribution in [0.1, 0.15) is 19.4 Å². The summed E-state index contributed by atoms with van der Waals surface area (Å²) >= 11 is 0. The van der Waals surface area contributed by atoms with E-state index in [1.54, 1.807) is 7.11 Å².